The number of benzene rings is 1. The van der Waals surface area contributed by atoms with Gasteiger partial charge in [-0.05, 0) is 59.1 Å². The molecule has 0 spiro atoms. The first-order chi connectivity index (χ1) is 14.9. The van der Waals surface area contributed by atoms with Gasteiger partial charge in [0.05, 0.1) is 36.4 Å². The van der Waals surface area contributed by atoms with Gasteiger partial charge in [-0.3, -0.25) is 4.90 Å². The van der Waals surface area contributed by atoms with Crippen LogP contribution in [0.5, 0.6) is 0 Å². The molecular weight excluding hydrogens is 419 g/mol. The highest BCUT2D eigenvalue weighted by atomic mass is 19.1. The Morgan fingerprint density at radius 1 is 1.25 bits per heavy atom. The second kappa shape index (κ2) is 7.69. The van der Waals surface area contributed by atoms with Crippen molar-refractivity contribution < 1.29 is 27.6 Å². The van der Waals surface area contributed by atoms with E-state index in [1.54, 1.807) is 6.07 Å². The Kier molecular flexibility index (Phi) is 5.52. The first kappa shape index (κ1) is 23.0. The maximum absolute atomic E-state index is 15.3. The Morgan fingerprint density at radius 2 is 1.88 bits per heavy atom. The largest absolute Gasteiger partial charge is 0.495 e. The molecule has 2 atom stereocenters. The summed E-state index contributed by atoms with van der Waals surface area (Å²) in [5.74, 6) is -0.0854. The van der Waals surface area contributed by atoms with E-state index in [0.717, 1.165) is 0 Å². The molecule has 10 heteroatoms. The van der Waals surface area contributed by atoms with Crippen LogP contribution in [-0.4, -0.2) is 58.7 Å². The standard InChI is InChI=1S/C22H30BF2N3O4/c1-12(2)28-16-9-13(23-31-21(3,4)22(5,6)32-23)8-15(25)18(16)26-19(28)17-10-14(24)11-27(17)20(29)30-7/h8-9,12,14,17H,10-11H2,1-7H3/t14-,17+/m1/s1. The van der Waals surface area contributed by atoms with Gasteiger partial charge < -0.3 is 18.6 Å². The molecule has 1 aromatic heterocycles. The maximum atomic E-state index is 15.3. The van der Waals surface area contributed by atoms with Crippen LogP contribution in [0.4, 0.5) is 13.6 Å². The van der Waals surface area contributed by atoms with Crippen LogP contribution in [0.3, 0.4) is 0 Å². The summed E-state index contributed by atoms with van der Waals surface area (Å²) in [6.45, 7) is 11.5. The molecule has 1 amide bonds. The van der Waals surface area contributed by atoms with Crippen LogP contribution in [0.1, 0.15) is 65.9 Å². The molecule has 7 nitrogen and oxygen atoms in total. The number of aromatic nitrogens is 2. The lowest BCUT2D eigenvalue weighted by Gasteiger charge is -2.32. The molecule has 2 aliphatic rings. The van der Waals surface area contributed by atoms with Crippen LogP contribution in [0.2, 0.25) is 0 Å². The Bertz CT molecular complexity index is 1040. The van der Waals surface area contributed by atoms with Crippen molar-refractivity contribution >= 4 is 29.7 Å². The topological polar surface area (TPSA) is 65.8 Å². The summed E-state index contributed by atoms with van der Waals surface area (Å²) in [6.07, 6.45) is -1.75. The minimum atomic E-state index is -1.20. The number of carbonyl (C=O) groups is 1. The number of methoxy groups -OCH3 is 1. The zero-order chi connectivity index (χ0) is 23.6. The summed E-state index contributed by atoms with van der Waals surface area (Å²) in [5, 5.41) is 0. The van der Waals surface area contributed by atoms with E-state index in [0.29, 0.717) is 16.8 Å². The molecule has 0 unspecified atom stereocenters. The molecule has 0 N–H and O–H groups in total. The van der Waals surface area contributed by atoms with Gasteiger partial charge in [0.15, 0.2) is 5.82 Å². The molecule has 1 aromatic carbocycles. The summed E-state index contributed by atoms with van der Waals surface area (Å²) in [6, 6.07) is 2.42. The van der Waals surface area contributed by atoms with E-state index in [1.807, 2.05) is 46.1 Å². The third-order valence-corrected chi connectivity index (χ3v) is 6.80. The van der Waals surface area contributed by atoms with Gasteiger partial charge >= 0.3 is 13.2 Å². The van der Waals surface area contributed by atoms with Crippen LogP contribution in [-0.2, 0) is 14.0 Å². The van der Waals surface area contributed by atoms with Gasteiger partial charge in [0.2, 0.25) is 0 Å². The fourth-order valence-corrected chi connectivity index (χ4v) is 4.43. The number of nitrogens with zero attached hydrogens (tertiary/aromatic N) is 3. The Labute approximate surface area is 187 Å². The average molecular weight is 449 g/mol. The molecular formula is C22H30BF2N3O4. The lowest BCUT2D eigenvalue weighted by molar-refractivity contribution is 0.00578. The molecule has 32 heavy (non-hydrogen) atoms. The number of likely N-dealkylation sites (tertiary alicyclic amines) is 1. The normalized spacial score (nSPS) is 24.7. The van der Waals surface area contributed by atoms with Crippen molar-refractivity contribution in [3.63, 3.8) is 0 Å². The SMILES string of the molecule is COC(=O)N1C[C@H](F)C[C@H]1c1nc2c(F)cc(B3OC(C)(C)C(C)(C)O3)cc2n1C(C)C. The highest BCUT2D eigenvalue weighted by Gasteiger charge is 2.52. The van der Waals surface area contributed by atoms with Gasteiger partial charge in [-0.2, -0.15) is 0 Å². The predicted octanol–water partition coefficient (Wildman–Crippen LogP) is 3.91. The van der Waals surface area contributed by atoms with Crippen LogP contribution < -0.4 is 5.46 Å². The number of rotatable bonds is 3. The average Bonchev–Trinajstić information content (AvgIpc) is 3.32. The van der Waals surface area contributed by atoms with Crippen molar-refractivity contribution in [3.8, 4) is 0 Å². The number of carbonyl (C=O) groups excluding carboxylic acids is 1. The smallest absolute Gasteiger partial charge is 0.453 e. The van der Waals surface area contributed by atoms with Crippen LogP contribution >= 0.6 is 0 Å². The number of alkyl halides is 1. The number of amides is 1. The number of hydrogen-bond acceptors (Lipinski definition) is 5. The van der Waals surface area contributed by atoms with E-state index < -0.39 is 42.4 Å². The summed E-state index contributed by atoms with van der Waals surface area (Å²) in [5.41, 5.74) is 0.135. The van der Waals surface area contributed by atoms with Gasteiger partial charge in [0, 0.05) is 12.5 Å². The molecule has 0 bridgehead atoms. The van der Waals surface area contributed by atoms with E-state index in [9.17, 15) is 9.18 Å². The van der Waals surface area contributed by atoms with Crippen LogP contribution in [0.25, 0.3) is 11.0 Å². The number of imidazole rings is 1. The predicted molar refractivity (Wildman–Crippen MR) is 117 cm³/mol. The van der Waals surface area contributed by atoms with Crippen molar-refractivity contribution in [1.29, 1.82) is 0 Å². The minimum Gasteiger partial charge on any atom is -0.453 e. The maximum Gasteiger partial charge on any atom is 0.495 e. The molecule has 2 aliphatic heterocycles. The molecule has 2 fully saturated rings. The number of fused-ring (bicyclic) bond motifs is 1. The van der Waals surface area contributed by atoms with Crippen LogP contribution in [0.15, 0.2) is 12.1 Å². The van der Waals surface area contributed by atoms with Gasteiger partial charge in [0.25, 0.3) is 0 Å². The van der Waals surface area contributed by atoms with Crippen molar-refractivity contribution in [2.45, 2.75) is 77.4 Å². The van der Waals surface area contributed by atoms with Crippen molar-refractivity contribution in [2.75, 3.05) is 13.7 Å². The molecule has 4 rings (SSSR count). The summed E-state index contributed by atoms with van der Waals surface area (Å²) in [4.78, 5) is 18.1. The Morgan fingerprint density at radius 3 is 2.44 bits per heavy atom. The fourth-order valence-electron chi connectivity index (χ4n) is 4.43. The van der Waals surface area contributed by atoms with Gasteiger partial charge in [-0.1, -0.05) is 0 Å². The summed E-state index contributed by atoms with van der Waals surface area (Å²) < 4.78 is 48.4. The molecule has 0 aliphatic carbocycles. The van der Waals surface area contributed by atoms with Crippen molar-refractivity contribution in [1.82, 2.24) is 14.5 Å². The highest BCUT2D eigenvalue weighted by Crippen LogP contribution is 2.39. The first-order valence-electron chi connectivity index (χ1n) is 10.9. The quantitative estimate of drug-likeness (QED) is 0.665. The third-order valence-electron chi connectivity index (χ3n) is 6.80. The number of hydrogen-bond donors (Lipinski definition) is 0. The van der Waals surface area contributed by atoms with E-state index >= 15 is 4.39 Å². The van der Waals surface area contributed by atoms with Gasteiger partial charge in [-0.15, -0.1) is 0 Å². The number of halogens is 2. The van der Waals surface area contributed by atoms with Crippen molar-refractivity contribution in [3.05, 3.63) is 23.8 Å². The zero-order valence-corrected chi connectivity index (χ0v) is 19.6. The van der Waals surface area contributed by atoms with E-state index in [4.69, 9.17) is 14.0 Å². The summed E-state index contributed by atoms with van der Waals surface area (Å²) in [7, 11) is 0.526. The molecule has 0 radical (unpaired) electrons. The monoisotopic (exact) mass is 449 g/mol. The van der Waals surface area contributed by atoms with E-state index in [1.165, 1.54) is 18.1 Å². The minimum absolute atomic E-state index is 0.0802. The van der Waals surface area contributed by atoms with Gasteiger partial charge in [0.1, 0.15) is 17.5 Å². The van der Waals surface area contributed by atoms with Crippen molar-refractivity contribution in [2.24, 2.45) is 0 Å². The lowest BCUT2D eigenvalue weighted by Crippen LogP contribution is -2.41. The highest BCUT2D eigenvalue weighted by molar-refractivity contribution is 6.62. The fraction of sp³-hybridized carbons (Fsp3) is 0.636. The zero-order valence-electron chi connectivity index (χ0n) is 19.6. The molecule has 2 saturated heterocycles. The molecule has 3 heterocycles. The van der Waals surface area contributed by atoms with Gasteiger partial charge in [-0.25, -0.2) is 18.6 Å². The second-order valence-corrected chi connectivity index (χ2v) is 9.86. The van der Waals surface area contributed by atoms with Crippen LogP contribution in [0, 0.1) is 5.82 Å². The third kappa shape index (κ3) is 3.57. The Balaban J connectivity index is 1.83. The molecule has 2 aromatic rings. The number of ether oxygens (including phenoxy) is 1. The first-order valence-corrected chi connectivity index (χ1v) is 10.9. The van der Waals surface area contributed by atoms with E-state index in [2.05, 4.69) is 4.98 Å². The molecule has 0 saturated carbocycles. The Hall–Kier alpha value is -2.20. The molecule has 174 valence electrons. The second-order valence-electron chi connectivity index (χ2n) is 9.86. The summed E-state index contributed by atoms with van der Waals surface area (Å²) >= 11 is 0. The lowest BCUT2D eigenvalue weighted by atomic mass is 9.79. The van der Waals surface area contributed by atoms with E-state index in [-0.39, 0.29) is 24.5 Å².